The molecule has 0 amide bonds. The first-order chi connectivity index (χ1) is 8.29. The maximum Gasteiger partial charge on any atom is 0.321 e. The molecule has 0 bridgehead atoms. The molecular weight excluding hydrogens is 242 g/mol. The zero-order valence-electron chi connectivity index (χ0n) is 9.17. The van der Waals surface area contributed by atoms with Gasteiger partial charge in [0.15, 0.2) is 5.82 Å². The van der Waals surface area contributed by atoms with Crippen LogP contribution in [-0.4, -0.2) is 31.5 Å². The molecule has 0 radical (unpaired) electrons. The van der Waals surface area contributed by atoms with Gasteiger partial charge in [0.1, 0.15) is 5.69 Å². The number of hydrogen-bond acceptors (Lipinski definition) is 6. The van der Waals surface area contributed by atoms with Crippen LogP contribution in [0, 0.1) is 0 Å². The zero-order valence-corrected chi connectivity index (χ0v) is 9.92. The minimum atomic E-state index is 0.0757. The molecule has 0 saturated carbocycles. The molecule has 0 aromatic carbocycles. The highest BCUT2D eigenvalue weighted by atomic mass is 35.5. The van der Waals surface area contributed by atoms with E-state index in [1.165, 1.54) is 0 Å². The molecule has 0 fully saturated rings. The lowest BCUT2D eigenvalue weighted by Gasteiger charge is -2.04. The predicted molar refractivity (Wildman–Crippen MR) is 61.6 cm³/mol. The van der Waals surface area contributed by atoms with E-state index >= 15 is 0 Å². The van der Waals surface area contributed by atoms with Crippen LogP contribution in [0.25, 0.3) is 11.5 Å². The van der Waals surface area contributed by atoms with E-state index in [4.69, 9.17) is 16.3 Å². The van der Waals surface area contributed by atoms with E-state index in [-0.39, 0.29) is 11.3 Å². The molecule has 17 heavy (non-hydrogen) atoms. The Kier molecular flexibility index (Phi) is 3.77. The van der Waals surface area contributed by atoms with Crippen molar-refractivity contribution in [1.29, 1.82) is 0 Å². The molecule has 0 atom stereocenters. The van der Waals surface area contributed by atoms with E-state index < -0.39 is 0 Å². The standard InChI is InChI=1S/C10H10ClN5O/c1-2-5-17-10-15-8(14-9(11)16-10)7-6-12-3-4-13-7/h3-4,6H,2,5H2,1H3. The van der Waals surface area contributed by atoms with Crippen molar-refractivity contribution in [2.75, 3.05) is 6.61 Å². The summed E-state index contributed by atoms with van der Waals surface area (Å²) < 4.78 is 5.30. The first-order valence-electron chi connectivity index (χ1n) is 5.10. The lowest BCUT2D eigenvalue weighted by atomic mass is 10.4. The molecule has 2 rings (SSSR count). The second-order valence-electron chi connectivity index (χ2n) is 3.15. The smallest absolute Gasteiger partial charge is 0.321 e. The molecule has 0 spiro atoms. The van der Waals surface area contributed by atoms with Crippen LogP contribution in [0.4, 0.5) is 0 Å². The van der Waals surface area contributed by atoms with Crippen molar-refractivity contribution in [3.05, 3.63) is 23.9 Å². The van der Waals surface area contributed by atoms with Crippen molar-refractivity contribution >= 4 is 11.6 Å². The van der Waals surface area contributed by atoms with Crippen LogP contribution >= 0.6 is 11.6 Å². The Hall–Kier alpha value is -1.82. The first-order valence-corrected chi connectivity index (χ1v) is 5.48. The van der Waals surface area contributed by atoms with Gasteiger partial charge < -0.3 is 4.74 Å². The number of hydrogen-bond donors (Lipinski definition) is 0. The Balaban J connectivity index is 2.32. The lowest BCUT2D eigenvalue weighted by Crippen LogP contribution is -2.03. The minimum Gasteiger partial charge on any atom is -0.463 e. The van der Waals surface area contributed by atoms with Gasteiger partial charge in [-0.3, -0.25) is 4.98 Å². The minimum absolute atomic E-state index is 0.0757. The predicted octanol–water partition coefficient (Wildman–Crippen LogP) is 1.77. The van der Waals surface area contributed by atoms with Gasteiger partial charge in [-0.15, -0.1) is 0 Å². The molecule has 0 unspecified atom stereocenters. The summed E-state index contributed by atoms with van der Waals surface area (Å²) in [5.74, 6) is 0.351. The highest BCUT2D eigenvalue weighted by Crippen LogP contribution is 2.15. The van der Waals surface area contributed by atoms with Gasteiger partial charge in [0.25, 0.3) is 0 Å². The number of halogens is 1. The highest BCUT2D eigenvalue weighted by Gasteiger charge is 2.09. The van der Waals surface area contributed by atoms with Gasteiger partial charge in [-0.25, -0.2) is 4.98 Å². The summed E-state index contributed by atoms with van der Waals surface area (Å²) in [6.45, 7) is 2.52. The first kappa shape index (κ1) is 11.7. The van der Waals surface area contributed by atoms with E-state index in [1.807, 2.05) is 6.92 Å². The molecule has 0 aliphatic carbocycles. The lowest BCUT2D eigenvalue weighted by molar-refractivity contribution is 0.291. The van der Waals surface area contributed by atoms with Crippen molar-refractivity contribution < 1.29 is 4.74 Å². The summed E-state index contributed by atoms with van der Waals surface area (Å²) in [5, 5.41) is 0.0757. The second kappa shape index (κ2) is 5.49. The Labute approximate surface area is 103 Å². The van der Waals surface area contributed by atoms with Crippen LogP contribution in [0.3, 0.4) is 0 Å². The number of rotatable bonds is 4. The topological polar surface area (TPSA) is 73.7 Å². The van der Waals surface area contributed by atoms with Crippen LogP contribution in [0.2, 0.25) is 5.28 Å². The normalized spacial score (nSPS) is 10.2. The summed E-state index contributed by atoms with van der Waals surface area (Å²) >= 11 is 5.79. The van der Waals surface area contributed by atoms with Gasteiger partial charge in [-0.05, 0) is 18.0 Å². The maximum absolute atomic E-state index is 5.79. The van der Waals surface area contributed by atoms with Gasteiger partial charge in [0.2, 0.25) is 5.28 Å². The largest absolute Gasteiger partial charge is 0.463 e. The molecule has 2 aromatic heterocycles. The summed E-state index contributed by atoms with van der Waals surface area (Å²) in [6.07, 6.45) is 5.54. The third kappa shape index (κ3) is 3.07. The molecular formula is C10H10ClN5O. The number of ether oxygens (including phenoxy) is 1. The third-order valence-corrected chi connectivity index (χ3v) is 1.98. The fourth-order valence-corrected chi connectivity index (χ4v) is 1.27. The van der Waals surface area contributed by atoms with Crippen molar-refractivity contribution in [2.24, 2.45) is 0 Å². The van der Waals surface area contributed by atoms with E-state index in [9.17, 15) is 0 Å². The van der Waals surface area contributed by atoms with Gasteiger partial charge in [-0.1, -0.05) is 6.92 Å². The molecule has 0 saturated heterocycles. The third-order valence-electron chi connectivity index (χ3n) is 1.82. The monoisotopic (exact) mass is 251 g/mol. The summed E-state index contributed by atoms with van der Waals surface area (Å²) in [7, 11) is 0. The average molecular weight is 252 g/mol. The quantitative estimate of drug-likeness (QED) is 0.825. The molecule has 2 heterocycles. The molecule has 6 nitrogen and oxygen atoms in total. The van der Waals surface area contributed by atoms with Crippen molar-refractivity contribution in [2.45, 2.75) is 13.3 Å². The zero-order chi connectivity index (χ0) is 12.1. The average Bonchev–Trinajstić information content (AvgIpc) is 2.37. The van der Waals surface area contributed by atoms with Gasteiger partial charge in [0.05, 0.1) is 12.8 Å². The van der Waals surface area contributed by atoms with Gasteiger partial charge >= 0.3 is 6.01 Å². The molecule has 0 N–H and O–H groups in total. The Morgan fingerprint density at radius 3 is 2.82 bits per heavy atom. The molecule has 0 aliphatic rings. The second-order valence-corrected chi connectivity index (χ2v) is 3.49. The molecule has 0 aliphatic heterocycles. The molecule has 88 valence electrons. The maximum atomic E-state index is 5.79. The summed E-state index contributed by atoms with van der Waals surface area (Å²) in [4.78, 5) is 20.0. The highest BCUT2D eigenvalue weighted by molar-refractivity contribution is 6.28. The van der Waals surface area contributed by atoms with Crippen LogP contribution in [0.5, 0.6) is 6.01 Å². The van der Waals surface area contributed by atoms with Crippen LogP contribution in [0.1, 0.15) is 13.3 Å². The van der Waals surface area contributed by atoms with E-state index in [2.05, 4.69) is 24.9 Å². The fraction of sp³-hybridized carbons (Fsp3) is 0.300. The summed E-state index contributed by atoms with van der Waals surface area (Å²) in [6, 6.07) is 0.201. The Morgan fingerprint density at radius 2 is 2.12 bits per heavy atom. The summed E-state index contributed by atoms with van der Waals surface area (Å²) in [5.41, 5.74) is 0.526. The Bertz CT molecular complexity index is 493. The van der Waals surface area contributed by atoms with Crippen molar-refractivity contribution in [1.82, 2.24) is 24.9 Å². The van der Waals surface area contributed by atoms with E-state index in [0.717, 1.165) is 6.42 Å². The van der Waals surface area contributed by atoms with Crippen molar-refractivity contribution in [3.63, 3.8) is 0 Å². The molecule has 2 aromatic rings. The van der Waals surface area contributed by atoms with Gasteiger partial charge in [0, 0.05) is 12.4 Å². The van der Waals surface area contributed by atoms with Crippen LogP contribution in [-0.2, 0) is 0 Å². The van der Waals surface area contributed by atoms with Crippen LogP contribution in [0.15, 0.2) is 18.6 Å². The van der Waals surface area contributed by atoms with Gasteiger partial charge in [-0.2, -0.15) is 15.0 Å². The van der Waals surface area contributed by atoms with E-state index in [0.29, 0.717) is 18.1 Å². The van der Waals surface area contributed by atoms with Crippen molar-refractivity contribution in [3.8, 4) is 17.5 Å². The Morgan fingerprint density at radius 1 is 1.24 bits per heavy atom. The fourth-order valence-electron chi connectivity index (χ4n) is 1.12. The number of aromatic nitrogens is 5. The van der Waals surface area contributed by atoms with Crippen LogP contribution < -0.4 is 4.74 Å². The van der Waals surface area contributed by atoms with E-state index in [1.54, 1.807) is 18.6 Å². The molecule has 7 heteroatoms. The number of nitrogens with zero attached hydrogens (tertiary/aromatic N) is 5. The SMILES string of the molecule is CCCOc1nc(Cl)nc(-c2cnccn2)n1.